The van der Waals surface area contributed by atoms with Crippen LogP contribution >= 0.6 is 0 Å². The number of nitrogens with zero attached hydrogens (tertiary/aromatic N) is 2. The third-order valence-corrected chi connectivity index (χ3v) is 5.51. The van der Waals surface area contributed by atoms with Crippen molar-refractivity contribution in [2.75, 3.05) is 11.5 Å². The Bertz CT molecular complexity index is 706. The maximum Gasteiger partial charge on any atom is 0.150 e. The van der Waals surface area contributed by atoms with Gasteiger partial charge in [-0.05, 0) is 30.9 Å². The van der Waals surface area contributed by atoms with E-state index in [2.05, 4.69) is 4.98 Å². The van der Waals surface area contributed by atoms with Gasteiger partial charge in [-0.25, -0.2) is 13.4 Å². The summed E-state index contributed by atoms with van der Waals surface area (Å²) in [4.78, 5) is 4.34. The molecule has 1 unspecified atom stereocenters. The van der Waals surface area contributed by atoms with Crippen molar-refractivity contribution in [1.82, 2.24) is 9.38 Å². The van der Waals surface area contributed by atoms with Gasteiger partial charge in [0, 0.05) is 6.42 Å². The smallest absolute Gasteiger partial charge is 0.150 e. The third kappa shape index (κ3) is 2.58. The zero-order valence-electron chi connectivity index (χ0n) is 10.5. The molecule has 0 spiro atoms. The molecular weight excluding hydrogens is 264 g/mol. The molecule has 1 atom stereocenters. The van der Waals surface area contributed by atoms with Crippen LogP contribution in [0.5, 0.6) is 5.75 Å². The van der Waals surface area contributed by atoms with E-state index in [-0.39, 0.29) is 17.4 Å². The molecule has 0 aliphatic carbocycles. The molecule has 0 aromatic carbocycles. The SMILES string of the molecule is O=S1(=O)CCCC(Cc2ncc3ccc(O)cn23)C1. The van der Waals surface area contributed by atoms with Crippen LogP contribution in [0, 0.1) is 5.92 Å². The molecule has 1 N–H and O–H groups in total. The molecule has 3 heterocycles. The molecule has 0 radical (unpaired) electrons. The molecule has 19 heavy (non-hydrogen) atoms. The highest BCUT2D eigenvalue weighted by molar-refractivity contribution is 7.91. The van der Waals surface area contributed by atoms with Gasteiger partial charge in [0.2, 0.25) is 0 Å². The fraction of sp³-hybridized carbons (Fsp3) is 0.462. The predicted molar refractivity (Wildman–Crippen MR) is 71.9 cm³/mol. The molecule has 2 aromatic rings. The van der Waals surface area contributed by atoms with Gasteiger partial charge >= 0.3 is 0 Å². The highest BCUT2D eigenvalue weighted by Gasteiger charge is 2.25. The monoisotopic (exact) mass is 280 g/mol. The van der Waals surface area contributed by atoms with Crippen LogP contribution in [0.3, 0.4) is 0 Å². The summed E-state index contributed by atoms with van der Waals surface area (Å²) in [6.07, 6.45) is 5.66. The van der Waals surface area contributed by atoms with Crippen molar-refractivity contribution in [3.63, 3.8) is 0 Å². The lowest BCUT2D eigenvalue weighted by Gasteiger charge is -2.21. The van der Waals surface area contributed by atoms with Gasteiger partial charge in [-0.3, -0.25) is 0 Å². The number of aromatic hydroxyl groups is 1. The van der Waals surface area contributed by atoms with Gasteiger partial charge in [-0.2, -0.15) is 0 Å². The number of sulfone groups is 1. The molecule has 0 saturated carbocycles. The first-order chi connectivity index (χ1) is 9.03. The van der Waals surface area contributed by atoms with Crippen molar-refractivity contribution in [3.05, 3.63) is 30.4 Å². The minimum absolute atomic E-state index is 0.131. The summed E-state index contributed by atoms with van der Waals surface area (Å²) >= 11 is 0. The number of hydrogen-bond donors (Lipinski definition) is 1. The van der Waals surface area contributed by atoms with Crippen molar-refractivity contribution < 1.29 is 13.5 Å². The van der Waals surface area contributed by atoms with Gasteiger partial charge in [0.05, 0.1) is 29.4 Å². The van der Waals surface area contributed by atoms with Gasteiger partial charge in [-0.1, -0.05) is 0 Å². The second kappa shape index (κ2) is 4.52. The Hall–Kier alpha value is -1.56. The standard InChI is InChI=1S/C13H16N2O3S/c16-12-4-3-11-7-14-13(15(11)8-12)6-10-2-1-5-19(17,18)9-10/h3-4,7-8,10,16H,1-2,5-6,9H2. The van der Waals surface area contributed by atoms with Gasteiger partial charge < -0.3 is 9.51 Å². The molecule has 1 saturated heterocycles. The maximum atomic E-state index is 11.6. The second-order valence-corrected chi connectivity index (χ2v) is 7.41. The van der Waals surface area contributed by atoms with E-state index >= 15 is 0 Å². The maximum absolute atomic E-state index is 11.6. The first-order valence-electron chi connectivity index (χ1n) is 6.39. The first kappa shape index (κ1) is 12.5. The summed E-state index contributed by atoms with van der Waals surface area (Å²) in [6.45, 7) is 0. The summed E-state index contributed by atoms with van der Waals surface area (Å²) in [5.41, 5.74) is 0.909. The highest BCUT2D eigenvalue weighted by atomic mass is 32.2. The van der Waals surface area contributed by atoms with Gasteiger partial charge in [0.1, 0.15) is 11.6 Å². The number of hydrogen-bond acceptors (Lipinski definition) is 4. The number of fused-ring (bicyclic) bond motifs is 1. The Morgan fingerprint density at radius 1 is 1.42 bits per heavy atom. The zero-order valence-corrected chi connectivity index (χ0v) is 11.3. The lowest BCUT2D eigenvalue weighted by molar-refractivity contribution is 0.465. The van der Waals surface area contributed by atoms with Crippen molar-refractivity contribution in [3.8, 4) is 5.75 Å². The van der Waals surface area contributed by atoms with Crippen molar-refractivity contribution in [2.45, 2.75) is 19.3 Å². The number of rotatable bonds is 2. The van der Waals surface area contributed by atoms with E-state index in [4.69, 9.17) is 0 Å². The average molecular weight is 280 g/mol. The number of aromatic nitrogens is 2. The average Bonchev–Trinajstić information content (AvgIpc) is 2.71. The van der Waals surface area contributed by atoms with Crippen LogP contribution in [0.2, 0.25) is 0 Å². The quantitative estimate of drug-likeness (QED) is 0.902. The van der Waals surface area contributed by atoms with Crippen molar-refractivity contribution in [2.24, 2.45) is 5.92 Å². The van der Waals surface area contributed by atoms with E-state index in [9.17, 15) is 13.5 Å². The summed E-state index contributed by atoms with van der Waals surface area (Å²) in [5.74, 6) is 1.69. The van der Waals surface area contributed by atoms with Crippen LogP contribution in [0.1, 0.15) is 18.7 Å². The van der Waals surface area contributed by atoms with Crippen LogP contribution in [-0.4, -0.2) is 34.4 Å². The Morgan fingerprint density at radius 3 is 3.05 bits per heavy atom. The summed E-state index contributed by atoms with van der Waals surface area (Å²) in [7, 11) is -2.88. The molecule has 0 amide bonds. The fourth-order valence-electron chi connectivity index (χ4n) is 2.72. The topological polar surface area (TPSA) is 71.7 Å². The summed E-state index contributed by atoms with van der Waals surface area (Å²) in [6, 6.07) is 3.41. The van der Waals surface area contributed by atoms with Crippen LogP contribution in [0.25, 0.3) is 5.52 Å². The van der Waals surface area contributed by atoms with Gasteiger partial charge in [0.25, 0.3) is 0 Å². The van der Waals surface area contributed by atoms with Crippen LogP contribution in [0.4, 0.5) is 0 Å². The van der Waals surface area contributed by atoms with Crippen LogP contribution < -0.4 is 0 Å². The molecule has 6 heteroatoms. The Kier molecular flexibility index (Phi) is 2.97. The fourth-order valence-corrected chi connectivity index (χ4v) is 4.50. The lowest BCUT2D eigenvalue weighted by atomic mass is 10.0. The van der Waals surface area contributed by atoms with Crippen LogP contribution in [0.15, 0.2) is 24.5 Å². The molecule has 1 aliphatic rings. The molecule has 0 bridgehead atoms. The van der Waals surface area contributed by atoms with Gasteiger partial charge in [-0.15, -0.1) is 0 Å². The molecule has 3 rings (SSSR count). The molecule has 1 aliphatic heterocycles. The van der Waals surface area contributed by atoms with E-state index in [1.807, 2.05) is 4.40 Å². The van der Waals surface area contributed by atoms with Crippen molar-refractivity contribution >= 4 is 15.4 Å². The van der Waals surface area contributed by atoms with E-state index in [0.717, 1.165) is 24.2 Å². The van der Waals surface area contributed by atoms with Gasteiger partial charge in [0.15, 0.2) is 9.84 Å². The van der Waals surface area contributed by atoms with E-state index in [1.165, 1.54) is 0 Å². The minimum Gasteiger partial charge on any atom is -0.506 e. The zero-order chi connectivity index (χ0) is 13.5. The largest absolute Gasteiger partial charge is 0.506 e. The third-order valence-electron chi connectivity index (χ3n) is 3.62. The van der Waals surface area contributed by atoms with E-state index < -0.39 is 9.84 Å². The summed E-state index contributed by atoms with van der Waals surface area (Å²) < 4.78 is 25.1. The second-order valence-electron chi connectivity index (χ2n) is 5.18. The number of imidazole rings is 1. The first-order valence-corrected chi connectivity index (χ1v) is 8.21. The molecule has 2 aromatic heterocycles. The van der Waals surface area contributed by atoms with Crippen LogP contribution in [-0.2, 0) is 16.3 Å². The van der Waals surface area contributed by atoms with E-state index in [1.54, 1.807) is 24.5 Å². The minimum atomic E-state index is -2.88. The normalized spacial score (nSPS) is 22.6. The molecule has 5 nitrogen and oxygen atoms in total. The van der Waals surface area contributed by atoms with E-state index in [0.29, 0.717) is 12.2 Å². The number of pyridine rings is 1. The highest BCUT2D eigenvalue weighted by Crippen LogP contribution is 2.23. The predicted octanol–water partition coefficient (Wildman–Crippen LogP) is 1.41. The molecule has 102 valence electrons. The molecule has 1 fully saturated rings. The Morgan fingerprint density at radius 2 is 2.26 bits per heavy atom. The van der Waals surface area contributed by atoms with Crippen molar-refractivity contribution in [1.29, 1.82) is 0 Å². The lowest BCUT2D eigenvalue weighted by Crippen LogP contribution is -2.26. The molecular formula is C13H16N2O3S. The Balaban J connectivity index is 1.87. The Labute approximate surface area is 111 Å². The summed E-state index contributed by atoms with van der Waals surface area (Å²) in [5, 5.41) is 9.52.